The van der Waals surface area contributed by atoms with Crippen molar-refractivity contribution in [2.45, 2.75) is 53.5 Å². The summed E-state index contributed by atoms with van der Waals surface area (Å²) in [7, 11) is 3.83. The molecule has 0 radical (unpaired) electrons. The lowest BCUT2D eigenvalue weighted by Gasteiger charge is -2.34. The van der Waals surface area contributed by atoms with Gasteiger partial charge in [0.15, 0.2) is 0 Å². The average Bonchev–Trinajstić information content (AvgIpc) is 3.67. The second kappa shape index (κ2) is 12.3. The van der Waals surface area contributed by atoms with Crippen molar-refractivity contribution in [2.75, 3.05) is 18.1 Å². The number of halogens is 2. The summed E-state index contributed by atoms with van der Waals surface area (Å²) in [5.41, 5.74) is 9.99. The SMILES string of the molecule is [C-]#[N+]c1cc2cccc(N3C[C@@H](C)n4c(c(CCCOc5cc(C)c(Cl)c(C)c5)c5ccc(Cl)c(-c6c(C)nn(C)c6C)c54)C3=O)c2n1C. The van der Waals surface area contributed by atoms with Crippen molar-refractivity contribution in [3.63, 3.8) is 0 Å². The molecule has 0 fully saturated rings. The van der Waals surface area contributed by atoms with E-state index in [1.165, 1.54) is 0 Å². The fraction of sp³-hybridized carbons (Fsp3) is 0.308. The standard InChI is InChI=1S/C39H38Cl2N6O2/c1-21-17-27(18-22(2)35(21)41)49-16-10-12-28-29-14-15-30(40)34(33-24(4)43-45(8)25(33)5)37(29)47-23(3)20-46(39(48)38(28)47)31-13-9-11-26-19-32(42-6)44(7)36(26)31/h9,11,13-15,17-19,23H,10,12,16,20H2,1-5,7-8H3/t23-/m1/s1. The Kier molecular flexibility index (Phi) is 8.25. The maximum Gasteiger partial charge on any atom is 0.275 e. The van der Waals surface area contributed by atoms with E-state index in [0.29, 0.717) is 42.5 Å². The highest BCUT2D eigenvalue weighted by molar-refractivity contribution is 6.35. The Morgan fingerprint density at radius 1 is 1.00 bits per heavy atom. The first-order chi connectivity index (χ1) is 23.4. The van der Waals surface area contributed by atoms with Gasteiger partial charge in [-0.1, -0.05) is 48.0 Å². The molecular formula is C39H38Cl2N6O2. The zero-order chi connectivity index (χ0) is 34.9. The number of fused-ring (bicyclic) bond motifs is 4. The lowest BCUT2D eigenvalue weighted by molar-refractivity contribution is 0.0957. The zero-order valence-electron chi connectivity index (χ0n) is 28.8. The summed E-state index contributed by atoms with van der Waals surface area (Å²) in [5.74, 6) is 1.24. The van der Waals surface area contributed by atoms with E-state index in [-0.39, 0.29) is 11.9 Å². The van der Waals surface area contributed by atoms with Gasteiger partial charge in [-0.25, -0.2) is 0 Å². The number of aryl methyl sites for hydroxylation is 6. The summed E-state index contributed by atoms with van der Waals surface area (Å²) in [6, 6.07) is 15.7. The molecule has 0 aliphatic carbocycles. The topological polar surface area (TPSA) is 61.6 Å². The summed E-state index contributed by atoms with van der Waals surface area (Å²) in [5, 5.41) is 8.03. The Morgan fingerprint density at radius 3 is 2.41 bits per heavy atom. The Balaban J connectivity index is 1.38. The number of ether oxygens (including phenoxy) is 1. The minimum absolute atomic E-state index is 0.0751. The molecule has 1 atom stereocenters. The van der Waals surface area contributed by atoms with Crippen molar-refractivity contribution in [1.29, 1.82) is 0 Å². The quantitative estimate of drug-likeness (QED) is 0.124. The molecule has 0 unspecified atom stereocenters. The summed E-state index contributed by atoms with van der Waals surface area (Å²) in [6.07, 6.45) is 1.32. The predicted molar refractivity (Wildman–Crippen MR) is 199 cm³/mol. The largest absolute Gasteiger partial charge is 0.494 e. The molecule has 250 valence electrons. The number of nitrogens with zero attached hydrogens (tertiary/aromatic N) is 6. The highest BCUT2D eigenvalue weighted by Crippen LogP contribution is 2.46. The summed E-state index contributed by atoms with van der Waals surface area (Å²) in [6.45, 7) is 18.8. The molecule has 0 saturated carbocycles. The number of benzene rings is 3. The number of aromatic nitrogens is 4. The van der Waals surface area contributed by atoms with Crippen LogP contribution in [0.5, 0.6) is 5.75 Å². The second-order valence-electron chi connectivity index (χ2n) is 13.2. The van der Waals surface area contributed by atoms with Crippen LogP contribution in [0, 0.1) is 34.3 Å². The molecule has 3 aromatic carbocycles. The molecule has 3 aromatic heterocycles. The van der Waals surface area contributed by atoms with E-state index in [1.807, 2.05) is 91.5 Å². The fourth-order valence-corrected chi connectivity index (χ4v) is 8.00. The van der Waals surface area contributed by atoms with Gasteiger partial charge in [0.2, 0.25) is 5.82 Å². The molecule has 0 spiro atoms. The van der Waals surface area contributed by atoms with Gasteiger partial charge in [0.1, 0.15) is 17.0 Å². The van der Waals surface area contributed by atoms with Crippen LogP contribution in [0.2, 0.25) is 10.0 Å². The number of rotatable bonds is 7. The van der Waals surface area contributed by atoms with Crippen LogP contribution in [0.3, 0.4) is 0 Å². The Bertz CT molecular complexity index is 2350. The number of hydrogen-bond acceptors (Lipinski definition) is 3. The monoisotopic (exact) mass is 692 g/mol. The minimum Gasteiger partial charge on any atom is -0.494 e. The summed E-state index contributed by atoms with van der Waals surface area (Å²) in [4.78, 5) is 20.6. The summed E-state index contributed by atoms with van der Waals surface area (Å²) < 4.78 is 12.2. The van der Waals surface area contributed by atoms with E-state index in [0.717, 1.165) is 77.5 Å². The molecule has 8 nitrogen and oxygen atoms in total. The number of carbonyl (C=O) groups excluding carboxylic acids is 1. The van der Waals surface area contributed by atoms with Crippen molar-refractivity contribution in [3.05, 3.63) is 104 Å². The van der Waals surface area contributed by atoms with Gasteiger partial charge in [-0.15, -0.1) is 0 Å². The molecular weight excluding hydrogens is 655 g/mol. The van der Waals surface area contributed by atoms with Gasteiger partial charge < -0.3 is 19.0 Å². The minimum atomic E-state index is -0.0782. The van der Waals surface area contributed by atoms with Crippen LogP contribution in [0.1, 0.15) is 58.0 Å². The highest BCUT2D eigenvalue weighted by atomic mass is 35.5. The van der Waals surface area contributed by atoms with Crippen molar-refractivity contribution < 1.29 is 9.53 Å². The molecule has 0 saturated heterocycles. The maximum atomic E-state index is 15.0. The Hall–Kier alpha value is -4.71. The van der Waals surface area contributed by atoms with Gasteiger partial charge in [0.05, 0.1) is 35.6 Å². The zero-order valence-corrected chi connectivity index (χ0v) is 30.3. The molecule has 1 aliphatic heterocycles. The molecule has 0 bridgehead atoms. The average molecular weight is 694 g/mol. The number of para-hydroxylation sites is 1. The van der Waals surface area contributed by atoms with Crippen LogP contribution in [-0.4, -0.2) is 38.0 Å². The van der Waals surface area contributed by atoms with Gasteiger partial charge in [-0.2, -0.15) is 5.10 Å². The molecule has 10 heteroatoms. The van der Waals surface area contributed by atoms with E-state index in [9.17, 15) is 4.79 Å². The lowest BCUT2D eigenvalue weighted by Crippen LogP contribution is -2.43. The van der Waals surface area contributed by atoms with E-state index >= 15 is 0 Å². The van der Waals surface area contributed by atoms with E-state index in [2.05, 4.69) is 29.3 Å². The van der Waals surface area contributed by atoms with Gasteiger partial charge in [0.25, 0.3) is 5.91 Å². The van der Waals surface area contributed by atoms with Gasteiger partial charge in [-0.05, 0) is 94.5 Å². The normalized spacial score (nSPS) is 14.6. The first-order valence-electron chi connectivity index (χ1n) is 16.5. The van der Waals surface area contributed by atoms with E-state index < -0.39 is 0 Å². The number of carbonyl (C=O) groups is 1. The molecule has 7 rings (SSSR count). The number of amides is 1. The van der Waals surface area contributed by atoms with Crippen molar-refractivity contribution >= 4 is 62.4 Å². The summed E-state index contributed by atoms with van der Waals surface area (Å²) >= 11 is 13.5. The Labute approximate surface area is 296 Å². The third kappa shape index (κ3) is 5.19. The van der Waals surface area contributed by atoms with Gasteiger partial charge in [0, 0.05) is 52.3 Å². The second-order valence-corrected chi connectivity index (χ2v) is 13.9. The third-order valence-corrected chi connectivity index (χ3v) is 10.9. The van der Waals surface area contributed by atoms with E-state index in [1.54, 1.807) is 0 Å². The number of hydrogen-bond donors (Lipinski definition) is 0. The van der Waals surface area contributed by atoms with Crippen molar-refractivity contribution in [2.24, 2.45) is 14.1 Å². The van der Waals surface area contributed by atoms with E-state index in [4.69, 9.17) is 39.6 Å². The fourth-order valence-electron chi connectivity index (χ4n) is 7.64. The molecule has 1 amide bonds. The lowest BCUT2D eigenvalue weighted by atomic mass is 9.98. The van der Waals surface area contributed by atoms with Crippen LogP contribution in [0.15, 0.2) is 48.5 Å². The van der Waals surface area contributed by atoms with Crippen molar-refractivity contribution in [1.82, 2.24) is 18.9 Å². The predicted octanol–water partition coefficient (Wildman–Crippen LogP) is 9.86. The van der Waals surface area contributed by atoms with Gasteiger partial charge >= 0.3 is 0 Å². The molecule has 49 heavy (non-hydrogen) atoms. The Morgan fingerprint density at radius 2 is 1.73 bits per heavy atom. The molecule has 1 aliphatic rings. The highest BCUT2D eigenvalue weighted by Gasteiger charge is 2.38. The van der Waals surface area contributed by atoms with Crippen LogP contribution < -0.4 is 9.64 Å². The number of anilines is 1. The van der Waals surface area contributed by atoms with Crippen LogP contribution >= 0.6 is 23.2 Å². The van der Waals surface area contributed by atoms with Crippen LogP contribution in [-0.2, 0) is 20.5 Å². The third-order valence-electron chi connectivity index (χ3n) is 9.98. The van der Waals surface area contributed by atoms with Crippen LogP contribution in [0.25, 0.3) is 37.8 Å². The maximum absolute atomic E-state index is 15.0. The molecule has 0 N–H and O–H groups in total. The first-order valence-corrected chi connectivity index (χ1v) is 17.2. The van der Waals surface area contributed by atoms with Crippen LogP contribution in [0.4, 0.5) is 11.5 Å². The first kappa shape index (κ1) is 32.8. The smallest absolute Gasteiger partial charge is 0.275 e. The molecule has 6 aromatic rings. The van der Waals surface area contributed by atoms with Gasteiger partial charge in [-0.3, -0.25) is 14.0 Å². The van der Waals surface area contributed by atoms with Crippen molar-refractivity contribution in [3.8, 4) is 16.9 Å². The molecule has 4 heterocycles.